The Morgan fingerprint density at radius 1 is 1.26 bits per heavy atom. The van der Waals surface area contributed by atoms with E-state index in [2.05, 4.69) is 20.8 Å². The zero-order valence-corrected chi connectivity index (χ0v) is 16.3. The van der Waals surface area contributed by atoms with Crippen LogP contribution in [-0.4, -0.2) is 51.6 Å². The average molecular weight is 432 g/mol. The van der Waals surface area contributed by atoms with E-state index < -0.39 is 5.76 Å². The van der Waals surface area contributed by atoms with E-state index in [-0.39, 0.29) is 18.5 Å². The Bertz CT molecular complexity index is 787. The van der Waals surface area contributed by atoms with Crippen LogP contribution in [0.5, 0.6) is 0 Å². The molecule has 1 aliphatic heterocycles. The Morgan fingerprint density at radius 2 is 2.04 bits per heavy atom. The van der Waals surface area contributed by atoms with Crippen molar-refractivity contribution in [2.75, 3.05) is 24.2 Å². The van der Waals surface area contributed by atoms with Gasteiger partial charge in [-0.3, -0.25) is 9.69 Å². The van der Waals surface area contributed by atoms with Crippen LogP contribution in [0, 0.1) is 0 Å². The lowest BCUT2D eigenvalue weighted by atomic mass is 10.3. The molecule has 1 fully saturated rings. The van der Waals surface area contributed by atoms with Crippen LogP contribution in [-0.2, 0) is 4.79 Å². The summed E-state index contributed by atoms with van der Waals surface area (Å²) in [7, 11) is 0. The van der Waals surface area contributed by atoms with Gasteiger partial charge in [0.1, 0.15) is 0 Å². The SMILES string of the molecule is O=C1CNC(=O)N1CCCSc1nnc(Nc2ccc(SC(F)F)cc2)s1. The molecule has 1 aromatic carbocycles. The zero-order chi connectivity index (χ0) is 19.2. The van der Waals surface area contributed by atoms with Gasteiger partial charge in [-0.15, -0.1) is 10.2 Å². The minimum Gasteiger partial charge on any atom is -0.330 e. The minimum absolute atomic E-state index is 0.0687. The number of anilines is 2. The minimum atomic E-state index is -2.44. The molecule has 27 heavy (non-hydrogen) atoms. The molecule has 1 aromatic heterocycles. The van der Waals surface area contributed by atoms with E-state index >= 15 is 0 Å². The molecule has 0 aliphatic carbocycles. The number of aromatic nitrogens is 2. The van der Waals surface area contributed by atoms with Crippen molar-refractivity contribution in [3.05, 3.63) is 24.3 Å². The Labute approximate surface area is 166 Å². The van der Waals surface area contributed by atoms with Crippen molar-refractivity contribution in [3.8, 4) is 0 Å². The normalized spacial score (nSPS) is 14.1. The van der Waals surface area contributed by atoms with Gasteiger partial charge < -0.3 is 10.6 Å². The molecule has 0 saturated carbocycles. The Balaban J connectivity index is 1.43. The molecule has 3 amide bonds. The Hall–Kier alpha value is -1.92. The maximum atomic E-state index is 12.3. The number of carbonyl (C=O) groups excluding carboxylic acids is 2. The molecular formula is C15H15F2N5O2S3. The predicted octanol–water partition coefficient (Wildman–Crippen LogP) is 3.63. The number of imide groups is 1. The summed E-state index contributed by atoms with van der Waals surface area (Å²) in [6.45, 7) is 0.448. The largest absolute Gasteiger partial charge is 0.330 e. The molecular weight excluding hydrogens is 416 g/mol. The van der Waals surface area contributed by atoms with Crippen molar-refractivity contribution < 1.29 is 18.4 Å². The standard InChI is InChI=1S/C15H15F2N5O2S3/c16-12(17)26-10-4-2-9(3-5-10)19-13-20-21-15(27-13)25-7-1-6-22-11(23)8-18-14(22)24/h2-5,12H,1,6-8H2,(H,18,24)(H,19,20). The van der Waals surface area contributed by atoms with Crippen LogP contribution < -0.4 is 10.6 Å². The van der Waals surface area contributed by atoms with Gasteiger partial charge >= 0.3 is 6.03 Å². The molecule has 7 nitrogen and oxygen atoms in total. The molecule has 0 atom stereocenters. The van der Waals surface area contributed by atoms with Crippen molar-refractivity contribution in [1.82, 2.24) is 20.4 Å². The summed E-state index contributed by atoms with van der Waals surface area (Å²) < 4.78 is 25.4. The van der Waals surface area contributed by atoms with Crippen molar-refractivity contribution >= 4 is 57.6 Å². The van der Waals surface area contributed by atoms with Gasteiger partial charge in [-0.2, -0.15) is 8.78 Å². The number of nitrogens with zero attached hydrogens (tertiary/aromatic N) is 3. The number of rotatable bonds is 9. The van der Waals surface area contributed by atoms with Crippen molar-refractivity contribution in [2.24, 2.45) is 0 Å². The van der Waals surface area contributed by atoms with Crippen LogP contribution in [0.15, 0.2) is 33.5 Å². The summed E-state index contributed by atoms with van der Waals surface area (Å²) >= 11 is 3.37. The zero-order valence-electron chi connectivity index (χ0n) is 13.9. The molecule has 0 spiro atoms. The number of nitrogens with one attached hydrogen (secondary N) is 2. The van der Waals surface area contributed by atoms with E-state index in [9.17, 15) is 18.4 Å². The van der Waals surface area contributed by atoms with Gasteiger partial charge in [-0.05, 0) is 30.7 Å². The van der Waals surface area contributed by atoms with Crippen LogP contribution in [0.2, 0.25) is 0 Å². The molecule has 0 unspecified atom stereocenters. The van der Waals surface area contributed by atoms with Crippen LogP contribution >= 0.6 is 34.9 Å². The average Bonchev–Trinajstić information content (AvgIpc) is 3.20. The highest BCUT2D eigenvalue weighted by molar-refractivity contribution is 8.01. The van der Waals surface area contributed by atoms with E-state index in [1.54, 1.807) is 24.3 Å². The maximum absolute atomic E-state index is 12.3. The summed E-state index contributed by atoms with van der Waals surface area (Å²) in [5.74, 6) is -1.94. The first-order chi connectivity index (χ1) is 13.0. The van der Waals surface area contributed by atoms with E-state index in [4.69, 9.17) is 0 Å². The van der Waals surface area contributed by atoms with E-state index in [0.29, 0.717) is 40.5 Å². The fourth-order valence-electron chi connectivity index (χ4n) is 2.23. The molecule has 0 radical (unpaired) electrons. The van der Waals surface area contributed by atoms with Gasteiger partial charge in [-0.1, -0.05) is 34.9 Å². The summed E-state index contributed by atoms with van der Waals surface area (Å²) in [4.78, 5) is 24.6. The van der Waals surface area contributed by atoms with Crippen LogP contribution in [0.1, 0.15) is 6.42 Å². The summed E-state index contributed by atoms with van der Waals surface area (Å²) in [6.07, 6.45) is 0.662. The third kappa shape index (κ3) is 5.78. The molecule has 2 heterocycles. The van der Waals surface area contributed by atoms with Crippen molar-refractivity contribution in [3.63, 3.8) is 0 Å². The molecule has 12 heteroatoms. The van der Waals surface area contributed by atoms with Gasteiger partial charge in [0.2, 0.25) is 11.0 Å². The second-order valence-corrected chi connectivity index (χ2v) is 8.69. The topological polar surface area (TPSA) is 87.2 Å². The number of benzene rings is 1. The monoisotopic (exact) mass is 431 g/mol. The quantitative estimate of drug-likeness (QED) is 0.356. The Morgan fingerprint density at radius 3 is 2.70 bits per heavy atom. The van der Waals surface area contributed by atoms with E-state index in [0.717, 1.165) is 10.0 Å². The number of hydrogen-bond acceptors (Lipinski definition) is 8. The van der Waals surface area contributed by atoms with Gasteiger partial charge in [0.05, 0.1) is 6.54 Å². The lowest BCUT2D eigenvalue weighted by molar-refractivity contribution is -0.124. The maximum Gasteiger partial charge on any atom is 0.324 e. The molecule has 1 aliphatic rings. The highest BCUT2D eigenvalue weighted by Gasteiger charge is 2.27. The Kier molecular flexibility index (Phi) is 6.85. The number of hydrogen-bond donors (Lipinski definition) is 2. The molecule has 1 saturated heterocycles. The first-order valence-electron chi connectivity index (χ1n) is 7.87. The second-order valence-electron chi connectivity index (χ2n) is 5.31. The van der Waals surface area contributed by atoms with E-state index in [1.807, 2.05) is 0 Å². The molecule has 3 rings (SSSR count). The molecule has 0 bridgehead atoms. The number of carbonyl (C=O) groups is 2. The van der Waals surface area contributed by atoms with Crippen molar-refractivity contribution in [1.29, 1.82) is 0 Å². The van der Waals surface area contributed by atoms with Crippen LogP contribution in [0.4, 0.5) is 24.4 Å². The predicted molar refractivity (Wildman–Crippen MR) is 102 cm³/mol. The summed E-state index contributed by atoms with van der Waals surface area (Å²) in [6, 6.07) is 6.30. The molecule has 2 N–H and O–H groups in total. The fraction of sp³-hybridized carbons (Fsp3) is 0.333. The molecule has 144 valence electrons. The fourth-order valence-corrected chi connectivity index (χ4v) is 4.49. The first-order valence-corrected chi connectivity index (χ1v) is 10.6. The highest BCUT2D eigenvalue weighted by Crippen LogP contribution is 2.30. The van der Waals surface area contributed by atoms with Crippen LogP contribution in [0.3, 0.4) is 0 Å². The lowest BCUT2D eigenvalue weighted by Gasteiger charge is -2.10. The number of halogens is 2. The third-order valence-electron chi connectivity index (χ3n) is 3.43. The second kappa shape index (κ2) is 9.33. The summed E-state index contributed by atoms with van der Waals surface area (Å²) in [5, 5.41) is 14.3. The van der Waals surface area contributed by atoms with E-state index in [1.165, 1.54) is 28.0 Å². The first kappa shape index (κ1) is 19.8. The third-order valence-corrected chi connectivity index (χ3v) is 6.21. The van der Waals surface area contributed by atoms with Gasteiger partial charge in [-0.25, -0.2) is 4.79 Å². The number of amides is 3. The van der Waals surface area contributed by atoms with Crippen molar-refractivity contribution in [2.45, 2.75) is 21.4 Å². The number of thioether (sulfide) groups is 2. The van der Waals surface area contributed by atoms with Crippen LogP contribution in [0.25, 0.3) is 0 Å². The van der Waals surface area contributed by atoms with Gasteiger partial charge in [0.15, 0.2) is 4.34 Å². The van der Waals surface area contributed by atoms with Gasteiger partial charge in [0.25, 0.3) is 5.76 Å². The smallest absolute Gasteiger partial charge is 0.324 e. The lowest BCUT2D eigenvalue weighted by Crippen LogP contribution is -2.32. The number of alkyl halides is 2. The molecule has 2 aromatic rings. The number of urea groups is 1. The highest BCUT2D eigenvalue weighted by atomic mass is 32.2. The summed E-state index contributed by atoms with van der Waals surface area (Å²) in [5.41, 5.74) is 0.736. The van der Waals surface area contributed by atoms with Gasteiger partial charge in [0, 0.05) is 22.9 Å².